The molecule has 2 aromatic rings. The summed E-state index contributed by atoms with van der Waals surface area (Å²) in [5.74, 6) is 1.15. The van der Waals surface area contributed by atoms with Gasteiger partial charge < -0.3 is 15.6 Å². The second-order valence-electron chi connectivity index (χ2n) is 18.8. The van der Waals surface area contributed by atoms with Crippen LogP contribution in [0.1, 0.15) is 175 Å². The highest BCUT2D eigenvalue weighted by Gasteiger charge is 2.25. The third-order valence-corrected chi connectivity index (χ3v) is 9.70. The summed E-state index contributed by atoms with van der Waals surface area (Å²) in [4.78, 5) is 4.85. The van der Waals surface area contributed by atoms with Gasteiger partial charge in [-0.25, -0.2) is 0 Å². The van der Waals surface area contributed by atoms with Crippen LogP contribution in [0.25, 0.3) is 6.08 Å². The molecular weight excluding hydrogens is 625 g/mol. The number of phenolic OH excluding ortho intramolecular Hbond substituents is 2. The SMILES string of the molecule is CC(C)(C)c1cc(C=N)c(O)c(C(C)(C)C)c1.C\C=C/C(=C\C=C\c1cc(C=NC2CCCCC2)c(O)c(C(C)(C)C)c1)C(CC)CC(C)(C)C. The van der Waals surface area contributed by atoms with E-state index >= 15 is 0 Å². The quantitative estimate of drug-likeness (QED) is 0.180. The molecular formula is C47H72N2O2. The third-order valence-electron chi connectivity index (χ3n) is 9.70. The molecule has 0 heterocycles. The van der Waals surface area contributed by atoms with E-state index in [-0.39, 0.29) is 22.0 Å². The molecule has 1 unspecified atom stereocenters. The van der Waals surface area contributed by atoms with E-state index in [4.69, 9.17) is 10.4 Å². The zero-order valence-electron chi connectivity index (χ0n) is 34.8. The smallest absolute Gasteiger partial charge is 0.128 e. The molecule has 1 fully saturated rings. The average molecular weight is 697 g/mol. The predicted molar refractivity (Wildman–Crippen MR) is 224 cm³/mol. The second kappa shape index (κ2) is 18.4. The Morgan fingerprint density at radius 3 is 1.86 bits per heavy atom. The van der Waals surface area contributed by atoms with Crippen LogP contribution in [0.3, 0.4) is 0 Å². The number of aromatic hydroxyl groups is 2. The minimum absolute atomic E-state index is 0.0193. The van der Waals surface area contributed by atoms with E-state index < -0.39 is 0 Å². The first kappa shape index (κ1) is 43.8. The number of nitrogens with zero attached hydrogens (tertiary/aromatic N) is 1. The molecule has 2 aromatic carbocycles. The first-order valence-electron chi connectivity index (χ1n) is 19.3. The van der Waals surface area contributed by atoms with Crippen molar-refractivity contribution in [2.45, 2.75) is 164 Å². The number of hydrogen-bond acceptors (Lipinski definition) is 4. The Hall–Kier alpha value is -3.40. The fourth-order valence-corrected chi connectivity index (χ4v) is 6.66. The van der Waals surface area contributed by atoms with Crippen LogP contribution in [0.15, 0.2) is 59.1 Å². The summed E-state index contributed by atoms with van der Waals surface area (Å²) in [6.45, 7) is 30.4. The van der Waals surface area contributed by atoms with Crippen LogP contribution in [-0.2, 0) is 16.2 Å². The summed E-state index contributed by atoms with van der Waals surface area (Å²) in [6.07, 6.45) is 22.6. The Morgan fingerprint density at radius 2 is 1.37 bits per heavy atom. The number of phenols is 2. The Morgan fingerprint density at radius 1 is 0.804 bits per heavy atom. The molecule has 282 valence electrons. The van der Waals surface area contributed by atoms with Crippen molar-refractivity contribution in [3.63, 3.8) is 0 Å². The number of nitrogens with one attached hydrogen (secondary N) is 1. The molecule has 1 saturated carbocycles. The molecule has 0 spiro atoms. The second-order valence-corrected chi connectivity index (χ2v) is 18.8. The maximum Gasteiger partial charge on any atom is 0.128 e. The zero-order chi connectivity index (χ0) is 38.8. The normalized spacial score (nSPS) is 16.2. The minimum Gasteiger partial charge on any atom is -0.507 e. The molecule has 0 amide bonds. The number of rotatable bonds is 9. The topological polar surface area (TPSA) is 76.7 Å². The number of benzene rings is 2. The summed E-state index contributed by atoms with van der Waals surface area (Å²) < 4.78 is 0. The number of hydrogen-bond donors (Lipinski definition) is 3. The lowest BCUT2D eigenvalue weighted by atomic mass is 9.79. The van der Waals surface area contributed by atoms with Crippen molar-refractivity contribution in [1.29, 1.82) is 5.41 Å². The Labute approximate surface area is 312 Å². The molecule has 1 atom stereocenters. The summed E-state index contributed by atoms with van der Waals surface area (Å²) in [5.41, 5.74) is 6.99. The summed E-state index contributed by atoms with van der Waals surface area (Å²) in [6, 6.07) is 8.55. The van der Waals surface area contributed by atoms with Gasteiger partial charge in [-0.1, -0.05) is 146 Å². The molecule has 0 saturated heterocycles. The number of allylic oxidation sites excluding steroid dienone is 5. The van der Waals surface area contributed by atoms with Crippen LogP contribution < -0.4 is 0 Å². The van der Waals surface area contributed by atoms with Crippen LogP contribution in [0.4, 0.5) is 0 Å². The zero-order valence-corrected chi connectivity index (χ0v) is 34.8. The summed E-state index contributed by atoms with van der Waals surface area (Å²) >= 11 is 0. The Bertz CT molecular complexity index is 1550. The van der Waals surface area contributed by atoms with Crippen LogP contribution in [0.5, 0.6) is 11.5 Å². The lowest BCUT2D eigenvalue weighted by Gasteiger charge is -2.26. The van der Waals surface area contributed by atoms with Gasteiger partial charge in [0.2, 0.25) is 0 Å². The summed E-state index contributed by atoms with van der Waals surface area (Å²) in [7, 11) is 0. The molecule has 3 rings (SSSR count). The summed E-state index contributed by atoms with van der Waals surface area (Å²) in [5, 5.41) is 28.6. The van der Waals surface area contributed by atoms with Gasteiger partial charge in [0.1, 0.15) is 11.5 Å². The monoisotopic (exact) mass is 697 g/mol. The lowest BCUT2D eigenvalue weighted by Crippen LogP contribution is -2.17. The van der Waals surface area contributed by atoms with E-state index in [1.807, 2.05) is 12.3 Å². The van der Waals surface area contributed by atoms with Crippen molar-refractivity contribution in [2.75, 3.05) is 0 Å². The molecule has 0 aromatic heterocycles. The molecule has 0 radical (unpaired) electrons. The Kier molecular flexibility index (Phi) is 15.8. The van der Waals surface area contributed by atoms with Crippen molar-refractivity contribution < 1.29 is 10.2 Å². The van der Waals surface area contributed by atoms with Crippen LogP contribution in [-0.4, -0.2) is 28.7 Å². The van der Waals surface area contributed by atoms with Gasteiger partial charge in [-0.05, 0) is 95.1 Å². The van der Waals surface area contributed by atoms with E-state index in [9.17, 15) is 10.2 Å². The minimum atomic E-state index is -0.146. The average Bonchev–Trinajstić information content (AvgIpc) is 3.02. The van der Waals surface area contributed by atoms with E-state index in [2.05, 4.69) is 146 Å². The molecule has 1 aliphatic rings. The van der Waals surface area contributed by atoms with Crippen molar-refractivity contribution in [3.8, 4) is 11.5 Å². The van der Waals surface area contributed by atoms with Gasteiger partial charge in [-0.2, -0.15) is 0 Å². The van der Waals surface area contributed by atoms with E-state index in [1.165, 1.54) is 37.5 Å². The third kappa shape index (κ3) is 13.9. The van der Waals surface area contributed by atoms with Gasteiger partial charge in [0.05, 0.1) is 0 Å². The molecule has 4 nitrogen and oxygen atoms in total. The Balaban J connectivity index is 0.000000444. The highest BCUT2D eigenvalue weighted by atomic mass is 16.3. The van der Waals surface area contributed by atoms with Gasteiger partial charge >= 0.3 is 0 Å². The van der Waals surface area contributed by atoms with Crippen LogP contribution in [0.2, 0.25) is 0 Å². The van der Waals surface area contributed by atoms with Gasteiger partial charge in [0.15, 0.2) is 0 Å². The fraction of sp³-hybridized carbons (Fsp3) is 0.574. The van der Waals surface area contributed by atoms with E-state index in [0.717, 1.165) is 47.1 Å². The lowest BCUT2D eigenvalue weighted by molar-refractivity contribution is 0.315. The van der Waals surface area contributed by atoms with Gasteiger partial charge in [0, 0.05) is 40.7 Å². The molecule has 0 aliphatic heterocycles. The predicted octanol–water partition coefficient (Wildman–Crippen LogP) is 13.4. The molecule has 51 heavy (non-hydrogen) atoms. The molecule has 0 bridgehead atoms. The maximum atomic E-state index is 11.0. The van der Waals surface area contributed by atoms with Crippen LogP contribution in [0, 0.1) is 16.7 Å². The van der Waals surface area contributed by atoms with Crippen molar-refractivity contribution in [1.82, 2.24) is 0 Å². The molecule has 1 aliphatic carbocycles. The maximum absolute atomic E-state index is 11.0. The largest absolute Gasteiger partial charge is 0.507 e. The first-order chi connectivity index (χ1) is 23.5. The van der Waals surface area contributed by atoms with Crippen molar-refractivity contribution in [3.05, 3.63) is 87.5 Å². The van der Waals surface area contributed by atoms with Crippen molar-refractivity contribution >= 4 is 18.5 Å². The first-order valence-corrected chi connectivity index (χ1v) is 19.3. The molecule has 4 heteroatoms. The van der Waals surface area contributed by atoms with Gasteiger partial charge in [0.25, 0.3) is 0 Å². The highest BCUT2D eigenvalue weighted by molar-refractivity contribution is 5.86. The number of aliphatic imine (C=N–C) groups is 1. The van der Waals surface area contributed by atoms with Crippen LogP contribution >= 0.6 is 0 Å². The fourth-order valence-electron chi connectivity index (χ4n) is 6.66. The molecule has 3 N–H and O–H groups in total. The van der Waals surface area contributed by atoms with E-state index in [0.29, 0.717) is 28.7 Å². The van der Waals surface area contributed by atoms with Gasteiger partial charge in [-0.15, -0.1) is 0 Å². The standard InChI is InChI=1S/C32H49NO.C15H23NO/c1-9-15-26(25(10-2)22-31(3,4)5)17-14-16-24-20-27(23-33-28-18-12-11-13-19-28)30(34)29(21-24)32(6,7)8;1-14(2,3)11-7-10(9-16)13(17)12(8-11)15(4,5)6/h9,14-17,20-21,23,25,28,34H,10-13,18-19,22H2,1-8H3;7-9,16-17H,1-6H3/b15-9-,16-14+,26-17+,33-23?;. The highest BCUT2D eigenvalue weighted by Crippen LogP contribution is 2.38. The van der Waals surface area contributed by atoms with Gasteiger partial charge in [-0.3, -0.25) is 4.99 Å². The van der Waals surface area contributed by atoms with E-state index in [1.54, 1.807) is 0 Å². The van der Waals surface area contributed by atoms with Crippen molar-refractivity contribution in [2.24, 2.45) is 16.3 Å².